The summed E-state index contributed by atoms with van der Waals surface area (Å²) >= 11 is 1.56. The lowest BCUT2D eigenvalue weighted by molar-refractivity contribution is -0.113. The van der Waals surface area contributed by atoms with Crippen molar-refractivity contribution in [2.45, 2.75) is 32.6 Å². The van der Waals surface area contributed by atoms with E-state index in [2.05, 4.69) is 23.3 Å². The topological polar surface area (TPSA) is 42.0 Å². The largest absolute Gasteiger partial charge is 0.324 e. The minimum absolute atomic E-state index is 0.0000983. The molecular weight excluding hydrogens is 280 g/mol. The second kappa shape index (κ2) is 6.76. The van der Waals surface area contributed by atoms with Crippen LogP contribution in [0.15, 0.2) is 35.2 Å². The lowest BCUT2D eigenvalue weighted by atomic mass is 10.1. The van der Waals surface area contributed by atoms with Gasteiger partial charge < -0.3 is 5.32 Å². The fourth-order valence-corrected chi connectivity index (χ4v) is 3.08. The van der Waals surface area contributed by atoms with Crippen molar-refractivity contribution in [1.82, 2.24) is 4.98 Å². The molecule has 0 aliphatic rings. The highest BCUT2D eigenvalue weighted by molar-refractivity contribution is 8.00. The smallest absolute Gasteiger partial charge is 0.234 e. The van der Waals surface area contributed by atoms with Gasteiger partial charge in [-0.3, -0.25) is 9.78 Å². The standard InChI is InChI=1S/C17H20N2OS/c1-11-7-5-6-8-15(11)21-10-16(20)19-17-12(2)9-13(3)18-14(17)4/h5-9H,10H2,1-4H3,(H,19,20). The molecule has 1 amide bonds. The maximum atomic E-state index is 12.1. The fourth-order valence-electron chi connectivity index (χ4n) is 2.25. The zero-order valence-electron chi connectivity index (χ0n) is 12.9. The van der Waals surface area contributed by atoms with Gasteiger partial charge in [0.15, 0.2) is 0 Å². The van der Waals surface area contributed by atoms with Crippen LogP contribution in [0, 0.1) is 27.7 Å². The summed E-state index contributed by atoms with van der Waals surface area (Å²) in [5, 5.41) is 2.97. The molecule has 0 atom stereocenters. The summed E-state index contributed by atoms with van der Waals surface area (Å²) in [6, 6.07) is 10.1. The van der Waals surface area contributed by atoms with Gasteiger partial charge in [0.05, 0.1) is 17.1 Å². The van der Waals surface area contributed by atoms with Crippen molar-refractivity contribution in [3.63, 3.8) is 0 Å². The molecule has 1 aromatic heterocycles. The molecule has 3 nitrogen and oxygen atoms in total. The lowest BCUT2D eigenvalue weighted by Crippen LogP contribution is -2.16. The first-order chi connectivity index (χ1) is 9.97. The van der Waals surface area contributed by atoms with Crippen molar-refractivity contribution in [1.29, 1.82) is 0 Å². The molecule has 1 aromatic carbocycles. The third-order valence-electron chi connectivity index (χ3n) is 3.24. The Balaban J connectivity index is 2.01. The Morgan fingerprint density at radius 1 is 1.14 bits per heavy atom. The van der Waals surface area contributed by atoms with Crippen LogP contribution in [0.3, 0.4) is 0 Å². The van der Waals surface area contributed by atoms with E-state index in [4.69, 9.17) is 0 Å². The van der Waals surface area contributed by atoms with E-state index in [1.165, 1.54) is 5.56 Å². The van der Waals surface area contributed by atoms with Crippen LogP contribution in [-0.4, -0.2) is 16.6 Å². The fraction of sp³-hybridized carbons (Fsp3) is 0.294. The number of carbonyl (C=O) groups excluding carboxylic acids is 1. The van der Waals surface area contributed by atoms with Crippen molar-refractivity contribution in [3.05, 3.63) is 52.8 Å². The van der Waals surface area contributed by atoms with Crippen LogP contribution in [0.2, 0.25) is 0 Å². The Bertz CT molecular complexity index is 645. The third-order valence-corrected chi connectivity index (χ3v) is 4.42. The average molecular weight is 300 g/mol. The Morgan fingerprint density at radius 2 is 1.86 bits per heavy atom. The van der Waals surface area contributed by atoms with Gasteiger partial charge in [0.2, 0.25) is 5.91 Å². The number of thioether (sulfide) groups is 1. The van der Waals surface area contributed by atoms with E-state index >= 15 is 0 Å². The van der Waals surface area contributed by atoms with Crippen molar-refractivity contribution >= 4 is 23.4 Å². The summed E-state index contributed by atoms with van der Waals surface area (Å²) in [5.41, 5.74) is 4.91. The lowest BCUT2D eigenvalue weighted by Gasteiger charge is -2.12. The van der Waals surface area contributed by atoms with Crippen molar-refractivity contribution in [2.24, 2.45) is 0 Å². The number of aromatic nitrogens is 1. The van der Waals surface area contributed by atoms with E-state index in [1.54, 1.807) is 11.8 Å². The molecule has 0 radical (unpaired) electrons. The first kappa shape index (κ1) is 15.6. The van der Waals surface area contributed by atoms with Crippen LogP contribution in [0.5, 0.6) is 0 Å². The second-order valence-electron chi connectivity index (χ2n) is 5.14. The number of aryl methyl sites for hydroxylation is 4. The monoisotopic (exact) mass is 300 g/mol. The van der Waals surface area contributed by atoms with Gasteiger partial charge in [0.1, 0.15) is 0 Å². The number of hydrogen-bond acceptors (Lipinski definition) is 3. The van der Waals surface area contributed by atoms with Gasteiger partial charge in [-0.15, -0.1) is 11.8 Å². The molecule has 0 saturated carbocycles. The molecule has 110 valence electrons. The van der Waals surface area contributed by atoms with Crippen LogP contribution in [0.1, 0.15) is 22.5 Å². The van der Waals surface area contributed by atoms with Crippen LogP contribution in [-0.2, 0) is 4.79 Å². The van der Waals surface area contributed by atoms with E-state index in [-0.39, 0.29) is 5.91 Å². The minimum Gasteiger partial charge on any atom is -0.324 e. The first-order valence-corrected chi connectivity index (χ1v) is 7.89. The molecule has 0 aliphatic carbocycles. The summed E-state index contributed by atoms with van der Waals surface area (Å²) in [4.78, 5) is 17.7. The molecule has 1 heterocycles. The number of pyridine rings is 1. The second-order valence-corrected chi connectivity index (χ2v) is 6.16. The third kappa shape index (κ3) is 4.08. The minimum atomic E-state index is 0.0000983. The van der Waals surface area contributed by atoms with Gasteiger partial charge in [0.25, 0.3) is 0 Å². The normalized spacial score (nSPS) is 10.5. The molecular formula is C17H20N2OS. The summed E-state index contributed by atoms with van der Waals surface area (Å²) < 4.78 is 0. The molecule has 0 saturated heterocycles. The van der Waals surface area contributed by atoms with Gasteiger partial charge in [-0.25, -0.2) is 0 Å². The van der Waals surface area contributed by atoms with E-state index in [9.17, 15) is 4.79 Å². The van der Waals surface area contributed by atoms with E-state index in [0.29, 0.717) is 5.75 Å². The Labute approximate surface area is 130 Å². The van der Waals surface area contributed by atoms with E-state index in [0.717, 1.165) is 27.5 Å². The van der Waals surface area contributed by atoms with Crippen LogP contribution in [0.25, 0.3) is 0 Å². The van der Waals surface area contributed by atoms with Crippen LogP contribution < -0.4 is 5.32 Å². The zero-order valence-corrected chi connectivity index (χ0v) is 13.7. The molecule has 2 aromatic rings. The summed E-state index contributed by atoms with van der Waals surface area (Å²) in [6.07, 6.45) is 0. The van der Waals surface area contributed by atoms with Crippen molar-refractivity contribution in [3.8, 4) is 0 Å². The van der Waals surface area contributed by atoms with Crippen LogP contribution >= 0.6 is 11.8 Å². The predicted molar refractivity (Wildman–Crippen MR) is 89.0 cm³/mol. The number of hydrogen-bond donors (Lipinski definition) is 1. The highest BCUT2D eigenvalue weighted by atomic mass is 32.2. The molecule has 0 spiro atoms. The summed E-state index contributed by atoms with van der Waals surface area (Å²) in [7, 11) is 0. The molecule has 1 N–H and O–H groups in total. The number of rotatable bonds is 4. The molecule has 0 bridgehead atoms. The Hall–Kier alpha value is -1.81. The van der Waals surface area contributed by atoms with Gasteiger partial charge in [-0.05, 0) is 51.0 Å². The van der Waals surface area contributed by atoms with Crippen molar-refractivity contribution in [2.75, 3.05) is 11.1 Å². The van der Waals surface area contributed by atoms with Gasteiger partial charge >= 0.3 is 0 Å². The first-order valence-electron chi connectivity index (χ1n) is 6.90. The Kier molecular flexibility index (Phi) is 5.02. The molecule has 2 rings (SSSR count). The van der Waals surface area contributed by atoms with Gasteiger partial charge in [-0.1, -0.05) is 18.2 Å². The number of anilines is 1. The SMILES string of the molecule is Cc1cc(C)c(NC(=O)CSc2ccccc2C)c(C)n1. The quantitative estimate of drug-likeness (QED) is 0.866. The molecule has 0 unspecified atom stereocenters. The highest BCUT2D eigenvalue weighted by Gasteiger charge is 2.10. The maximum absolute atomic E-state index is 12.1. The number of nitrogens with zero attached hydrogens (tertiary/aromatic N) is 1. The van der Waals surface area contributed by atoms with Crippen LogP contribution in [0.4, 0.5) is 5.69 Å². The summed E-state index contributed by atoms with van der Waals surface area (Å²) in [6.45, 7) is 7.92. The molecule has 0 aliphatic heterocycles. The molecule has 21 heavy (non-hydrogen) atoms. The maximum Gasteiger partial charge on any atom is 0.234 e. The zero-order chi connectivity index (χ0) is 15.4. The van der Waals surface area contributed by atoms with E-state index in [1.807, 2.05) is 45.0 Å². The number of nitrogens with one attached hydrogen (secondary N) is 1. The predicted octanol–water partition coefficient (Wildman–Crippen LogP) is 4.05. The van der Waals surface area contributed by atoms with E-state index < -0.39 is 0 Å². The van der Waals surface area contributed by atoms with Gasteiger partial charge in [-0.2, -0.15) is 0 Å². The number of amides is 1. The number of carbonyl (C=O) groups is 1. The average Bonchev–Trinajstić information content (AvgIpc) is 2.42. The van der Waals surface area contributed by atoms with Crippen molar-refractivity contribution < 1.29 is 4.79 Å². The van der Waals surface area contributed by atoms with Gasteiger partial charge in [0, 0.05) is 10.6 Å². The highest BCUT2D eigenvalue weighted by Crippen LogP contribution is 2.23. The molecule has 4 heteroatoms. The Morgan fingerprint density at radius 3 is 2.52 bits per heavy atom. The molecule has 0 fully saturated rings. The summed E-state index contributed by atoms with van der Waals surface area (Å²) in [5.74, 6) is 0.401. The number of benzene rings is 1.